The Morgan fingerprint density at radius 3 is 2.73 bits per heavy atom. The lowest BCUT2D eigenvalue weighted by molar-refractivity contribution is -0.118. The number of fused-ring (bicyclic) bond motifs is 1. The summed E-state index contributed by atoms with van der Waals surface area (Å²) in [6, 6.07) is 7.25. The molecule has 0 radical (unpaired) electrons. The van der Waals surface area contributed by atoms with Crippen LogP contribution in [0.4, 0.5) is 5.00 Å². The predicted octanol–water partition coefficient (Wildman–Crippen LogP) is 4.44. The maximum atomic E-state index is 12.3. The number of amides is 1. The second kappa shape index (κ2) is 8.22. The van der Waals surface area contributed by atoms with Crippen molar-refractivity contribution >= 4 is 44.1 Å². The van der Waals surface area contributed by atoms with Crippen LogP contribution >= 0.6 is 27.3 Å². The Kier molecular flexibility index (Phi) is 5.98. The molecule has 26 heavy (non-hydrogen) atoms. The Labute approximate surface area is 164 Å². The van der Waals surface area contributed by atoms with E-state index in [9.17, 15) is 9.59 Å². The quantitative estimate of drug-likeness (QED) is 0.702. The summed E-state index contributed by atoms with van der Waals surface area (Å²) < 4.78 is 11.4. The van der Waals surface area contributed by atoms with Crippen molar-refractivity contribution in [2.75, 3.05) is 19.0 Å². The standard InChI is InChI=1S/C19H20BrNO4S/c1-11-3-8-14-15(9-11)26-18(17(14)19(23)24-2)21-16(22)10-25-13-6-4-12(20)5-7-13/h4-7,11H,3,8-10H2,1-2H3,(H,21,22)/t11-/m1/s1. The molecular formula is C19H20BrNO4S. The zero-order valence-electron chi connectivity index (χ0n) is 14.6. The second-order valence-electron chi connectivity index (χ2n) is 6.34. The molecule has 0 spiro atoms. The zero-order valence-corrected chi connectivity index (χ0v) is 17.0. The maximum absolute atomic E-state index is 12.3. The average molecular weight is 438 g/mol. The van der Waals surface area contributed by atoms with Gasteiger partial charge in [0.15, 0.2) is 6.61 Å². The molecule has 5 nitrogen and oxygen atoms in total. The molecular weight excluding hydrogens is 418 g/mol. The maximum Gasteiger partial charge on any atom is 0.341 e. The van der Waals surface area contributed by atoms with E-state index in [-0.39, 0.29) is 12.5 Å². The van der Waals surface area contributed by atoms with E-state index in [1.165, 1.54) is 18.4 Å². The molecule has 138 valence electrons. The van der Waals surface area contributed by atoms with Crippen molar-refractivity contribution in [2.24, 2.45) is 5.92 Å². The van der Waals surface area contributed by atoms with Crippen LogP contribution in [0.1, 0.15) is 34.1 Å². The van der Waals surface area contributed by atoms with Gasteiger partial charge in [-0.15, -0.1) is 11.3 Å². The molecule has 1 aliphatic carbocycles. The summed E-state index contributed by atoms with van der Waals surface area (Å²) in [7, 11) is 1.36. The molecule has 0 bridgehead atoms. The average Bonchev–Trinajstić information content (AvgIpc) is 2.97. The third-order valence-electron chi connectivity index (χ3n) is 4.34. The fourth-order valence-corrected chi connectivity index (χ4v) is 4.68. The molecule has 1 aliphatic rings. The molecule has 0 aliphatic heterocycles. The first-order chi connectivity index (χ1) is 12.5. The molecule has 7 heteroatoms. The van der Waals surface area contributed by atoms with Gasteiger partial charge in [0.05, 0.1) is 12.7 Å². The summed E-state index contributed by atoms with van der Waals surface area (Å²) in [6.45, 7) is 2.08. The molecule has 1 amide bonds. The summed E-state index contributed by atoms with van der Waals surface area (Å²) in [4.78, 5) is 25.7. The number of esters is 1. The number of hydrogen-bond acceptors (Lipinski definition) is 5. The molecule has 3 rings (SSSR count). The van der Waals surface area contributed by atoms with E-state index >= 15 is 0 Å². The Hall–Kier alpha value is -1.86. The van der Waals surface area contributed by atoms with Crippen LogP contribution in [-0.2, 0) is 22.4 Å². The molecule has 1 aromatic carbocycles. The monoisotopic (exact) mass is 437 g/mol. The smallest absolute Gasteiger partial charge is 0.341 e. The number of ether oxygens (including phenoxy) is 2. The first kappa shape index (κ1) is 18.9. The van der Waals surface area contributed by atoms with Crippen LogP contribution in [0.15, 0.2) is 28.7 Å². The van der Waals surface area contributed by atoms with Crippen LogP contribution in [0.3, 0.4) is 0 Å². The number of halogens is 1. The number of methoxy groups -OCH3 is 1. The molecule has 2 aromatic rings. The molecule has 1 aromatic heterocycles. The van der Waals surface area contributed by atoms with Gasteiger partial charge >= 0.3 is 5.97 Å². The third-order valence-corrected chi connectivity index (χ3v) is 6.04. The fraction of sp³-hybridized carbons (Fsp3) is 0.368. The van der Waals surface area contributed by atoms with Crippen LogP contribution in [0, 0.1) is 5.92 Å². The van der Waals surface area contributed by atoms with Gasteiger partial charge in [-0.25, -0.2) is 4.79 Å². The summed E-state index contributed by atoms with van der Waals surface area (Å²) in [6.07, 6.45) is 2.80. The lowest BCUT2D eigenvalue weighted by atomic mass is 9.88. The lowest BCUT2D eigenvalue weighted by Gasteiger charge is -2.18. The van der Waals surface area contributed by atoms with E-state index in [0.717, 1.165) is 34.2 Å². The van der Waals surface area contributed by atoms with Gasteiger partial charge in [-0.05, 0) is 55.0 Å². The Morgan fingerprint density at radius 2 is 2.04 bits per heavy atom. The van der Waals surface area contributed by atoms with E-state index in [1.54, 1.807) is 12.1 Å². The summed E-state index contributed by atoms with van der Waals surface area (Å²) in [5.41, 5.74) is 1.51. The van der Waals surface area contributed by atoms with Crippen molar-refractivity contribution in [3.63, 3.8) is 0 Å². The number of anilines is 1. The van der Waals surface area contributed by atoms with Crippen LogP contribution in [0.25, 0.3) is 0 Å². The molecule has 1 N–H and O–H groups in total. The predicted molar refractivity (Wildman–Crippen MR) is 105 cm³/mol. The van der Waals surface area contributed by atoms with Crippen molar-refractivity contribution in [1.82, 2.24) is 0 Å². The van der Waals surface area contributed by atoms with E-state index in [2.05, 4.69) is 28.2 Å². The van der Waals surface area contributed by atoms with Crippen LogP contribution in [0.2, 0.25) is 0 Å². The van der Waals surface area contributed by atoms with Gasteiger partial charge in [0.1, 0.15) is 10.8 Å². The summed E-state index contributed by atoms with van der Waals surface area (Å²) in [5, 5.41) is 3.38. The normalized spacial score (nSPS) is 15.9. The van der Waals surface area contributed by atoms with Crippen molar-refractivity contribution in [1.29, 1.82) is 0 Å². The minimum absolute atomic E-state index is 0.124. The van der Waals surface area contributed by atoms with Gasteiger partial charge in [0.25, 0.3) is 5.91 Å². The van der Waals surface area contributed by atoms with Crippen molar-refractivity contribution in [3.8, 4) is 5.75 Å². The SMILES string of the molecule is COC(=O)c1c(NC(=O)COc2ccc(Br)cc2)sc2c1CC[C@@H](C)C2. The minimum Gasteiger partial charge on any atom is -0.484 e. The van der Waals surface area contributed by atoms with Crippen LogP contribution < -0.4 is 10.1 Å². The highest BCUT2D eigenvalue weighted by molar-refractivity contribution is 9.10. The molecule has 1 atom stereocenters. The van der Waals surface area contributed by atoms with Crippen molar-refractivity contribution in [2.45, 2.75) is 26.2 Å². The number of rotatable bonds is 5. The molecule has 0 saturated carbocycles. The van der Waals surface area contributed by atoms with Crippen molar-refractivity contribution < 1.29 is 19.1 Å². The first-order valence-electron chi connectivity index (χ1n) is 8.39. The Morgan fingerprint density at radius 1 is 1.31 bits per heavy atom. The Balaban J connectivity index is 1.73. The Bertz CT molecular complexity index is 816. The largest absolute Gasteiger partial charge is 0.484 e. The van der Waals surface area contributed by atoms with E-state index in [1.807, 2.05) is 12.1 Å². The van der Waals surface area contributed by atoms with E-state index in [0.29, 0.717) is 22.2 Å². The number of nitrogens with one attached hydrogen (secondary N) is 1. The van der Waals surface area contributed by atoms with E-state index < -0.39 is 5.97 Å². The van der Waals surface area contributed by atoms with Crippen LogP contribution in [0.5, 0.6) is 5.75 Å². The summed E-state index contributed by atoms with van der Waals surface area (Å²) in [5.74, 6) is 0.484. The van der Waals surface area contributed by atoms with Gasteiger partial charge < -0.3 is 14.8 Å². The second-order valence-corrected chi connectivity index (χ2v) is 8.36. The first-order valence-corrected chi connectivity index (χ1v) is 10.00. The number of hydrogen-bond donors (Lipinski definition) is 1. The van der Waals surface area contributed by atoms with Gasteiger partial charge in [0, 0.05) is 9.35 Å². The highest BCUT2D eigenvalue weighted by Gasteiger charge is 2.28. The van der Waals surface area contributed by atoms with Gasteiger partial charge in [-0.1, -0.05) is 22.9 Å². The number of thiophene rings is 1. The molecule has 1 heterocycles. The minimum atomic E-state index is -0.402. The van der Waals surface area contributed by atoms with E-state index in [4.69, 9.17) is 9.47 Å². The van der Waals surface area contributed by atoms with Gasteiger partial charge in [-0.3, -0.25) is 4.79 Å². The molecule has 0 unspecified atom stereocenters. The van der Waals surface area contributed by atoms with Crippen molar-refractivity contribution in [3.05, 3.63) is 44.7 Å². The zero-order chi connectivity index (χ0) is 18.7. The topological polar surface area (TPSA) is 64.6 Å². The number of carbonyl (C=O) groups excluding carboxylic acids is 2. The number of benzene rings is 1. The summed E-state index contributed by atoms with van der Waals surface area (Å²) >= 11 is 4.82. The highest BCUT2D eigenvalue weighted by atomic mass is 79.9. The highest BCUT2D eigenvalue weighted by Crippen LogP contribution is 2.40. The number of carbonyl (C=O) groups is 2. The van der Waals surface area contributed by atoms with Gasteiger partial charge in [-0.2, -0.15) is 0 Å². The third kappa shape index (κ3) is 4.27. The van der Waals surface area contributed by atoms with Gasteiger partial charge in [0.2, 0.25) is 0 Å². The molecule has 0 fully saturated rings. The fourth-order valence-electron chi connectivity index (χ4n) is 3.00. The van der Waals surface area contributed by atoms with Crippen LogP contribution in [-0.4, -0.2) is 25.6 Å². The lowest BCUT2D eigenvalue weighted by Crippen LogP contribution is -2.21. The molecule has 0 saturated heterocycles.